The molecule has 3 nitrogen and oxygen atoms in total. The molecule has 0 spiro atoms. The number of thioether (sulfide) groups is 1. The number of amides is 1. The number of nitrogens with zero attached hydrogens (tertiary/aromatic N) is 1. The molecule has 1 aromatic heterocycles. The second-order valence-electron chi connectivity index (χ2n) is 4.70. The molecule has 0 fully saturated rings. The molecule has 110 valence electrons. The maximum atomic E-state index is 12.1. The molecule has 1 N–H and O–H groups in total. The molecule has 1 atom stereocenters. The van der Waals surface area contributed by atoms with Crippen molar-refractivity contribution in [3.05, 3.63) is 58.3 Å². The van der Waals surface area contributed by atoms with Crippen molar-refractivity contribution < 1.29 is 4.79 Å². The molecule has 1 amide bonds. The van der Waals surface area contributed by atoms with E-state index in [-0.39, 0.29) is 11.2 Å². The summed E-state index contributed by atoms with van der Waals surface area (Å²) in [6, 6.07) is 13.8. The van der Waals surface area contributed by atoms with E-state index in [0.717, 1.165) is 20.8 Å². The molecular formula is C16H17BrN2OS. The fourth-order valence-electron chi connectivity index (χ4n) is 1.79. The topological polar surface area (TPSA) is 42.0 Å². The highest BCUT2D eigenvalue weighted by Crippen LogP contribution is 2.24. The zero-order valence-electron chi connectivity index (χ0n) is 12.0. The Balaban J connectivity index is 1.86. The van der Waals surface area contributed by atoms with Crippen LogP contribution >= 0.6 is 27.7 Å². The largest absolute Gasteiger partial charge is 0.349 e. The maximum absolute atomic E-state index is 12.1. The fourth-order valence-corrected chi connectivity index (χ4v) is 2.95. The second-order valence-corrected chi connectivity index (χ2v) is 7.03. The van der Waals surface area contributed by atoms with Gasteiger partial charge in [-0.2, -0.15) is 0 Å². The van der Waals surface area contributed by atoms with Crippen LogP contribution in [0.2, 0.25) is 0 Å². The average Bonchev–Trinajstić information content (AvgIpc) is 2.47. The normalized spacial score (nSPS) is 12.0. The van der Waals surface area contributed by atoms with Crippen LogP contribution in [0.1, 0.15) is 18.3 Å². The van der Waals surface area contributed by atoms with Crippen molar-refractivity contribution in [2.75, 3.05) is 0 Å². The van der Waals surface area contributed by atoms with Crippen molar-refractivity contribution in [1.82, 2.24) is 10.3 Å². The van der Waals surface area contributed by atoms with Gasteiger partial charge < -0.3 is 5.32 Å². The Hall–Kier alpha value is -1.33. The highest BCUT2D eigenvalue weighted by molar-refractivity contribution is 9.10. The van der Waals surface area contributed by atoms with Crippen molar-refractivity contribution in [1.29, 1.82) is 0 Å². The van der Waals surface area contributed by atoms with Crippen LogP contribution in [0.25, 0.3) is 0 Å². The lowest BCUT2D eigenvalue weighted by Crippen LogP contribution is -2.30. The lowest BCUT2D eigenvalue weighted by Gasteiger charge is -2.12. The molecular weight excluding hydrogens is 348 g/mol. The monoisotopic (exact) mass is 364 g/mol. The van der Waals surface area contributed by atoms with Gasteiger partial charge in [0.2, 0.25) is 5.91 Å². The van der Waals surface area contributed by atoms with Crippen LogP contribution in [0.5, 0.6) is 0 Å². The minimum Gasteiger partial charge on any atom is -0.349 e. The third-order valence-electron chi connectivity index (χ3n) is 2.89. The number of hydrogen-bond acceptors (Lipinski definition) is 3. The number of benzene rings is 1. The molecule has 21 heavy (non-hydrogen) atoms. The minimum atomic E-state index is -0.143. The Bertz CT molecular complexity index is 616. The number of aromatic nitrogens is 1. The molecule has 0 bridgehead atoms. The van der Waals surface area contributed by atoms with Gasteiger partial charge in [0.05, 0.1) is 17.5 Å². The number of hydrogen-bond donors (Lipinski definition) is 1. The Morgan fingerprint density at radius 2 is 2.00 bits per heavy atom. The van der Waals surface area contributed by atoms with Gasteiger partial charge in [-0.3, -0.25) is 9.78 Å². The van der Waals surface area contributed by atoms with E-state index in [9.17, 15) is 4.79 Å². The van der Waals surface area contributed by atoms with Gasteiger partial charge in [0.15, 0.2) is 0 Å². The number of carbonyl (C=O) groups excluding carboxylic acids is 1. The maximum Gasteiger partial charge on any atom is 0.233 e. The van der Waals surface area contributed by atoms with Crippen LogP contribution in [-0.4, -0.2) is 16.1 Å². The van der Waals surface area contributed by atoms with Crippen LogP contribution in [0.4, 0.5) is 0 Å². The summed E-state index contributed by atoms with van der Waals surface area (Å²) < 4.78 is 1.04. The minimum absolute atomic E-state index is 0.0197. The van der Waals surface area contributed by atoms with Gasteiger partial charge in [-0.1, -0.05) is 22.0 Å². The van der Waals surface area contributed by atoms with E-state index in [4.69, 9.17) is 0 Å². The number of pyridine rings is 1. The predicted octanol–water partition coefficient (Wildman–Crippen LogP) is 3.95. The van der Waals surface area contributed by atoms with Gasteiger partial charge in [-0.25, -0.2) is 0 Å². The standard InChI is InChI=1S/C16H17BrN2OS/c1-11-4-3-5-14(19-11)10-18-16(20)12(2)21-15-8-6-13(17)7-9-15/h3-9,12H,10H2,1-2H3,(H,18,20). The van der Waals surface area contributed by atoms with E-state index in [2.05, 4.69) is 26.2 Å². The van der Waals surface area contributed by atoms with Gasteiger partial charge in [0.25, 0.3) is 0 Å². The van der Waals surface area contributed by atoms with Gasteiger partial charge in [0.1, 0.15) is 0 Å². The van der Waals surface area contributed by atoms with E-state index in [0.29, 0.717) is 6.54 Å². The average molecular weight is 365 g/mol. The van der Waals surface area contributed by atoms with E-state index < -0.39 is 0 Å². The van der Waals surface area contributed by atoms with Crippen molar-refractivity contribution in [2.45, 2.75) is 30.5 Å². The van der Waals surface area contributed by atoms with Crippen molar-refractivity contribution >= 4 is 33.6 Å². The number of halogens is 1. The zero-order valence-corrected chi connectivity index (χ0v) is 14.4. The van der Waals surface area contributed by atoms with Crippen LogP contribution in [0, 0.1) is 6.92 Å². The van der Waals surface area contributed by atoms with Gasteiger partial charge in [0, 0.05) is 15.1 Å². The van der Waals surface area contributed by atoms with E-state index in [1.807, 2.05) is 56.3 Å². The quantitative estimate of drug-likeness (QED) is 0.816. The molecule has 1 unspecified atom stereocenters. The van der Waals surface area contributed by atoms with Crippen LogP contribution in [-0.2, 0) is 11.3 Å². The van der Waals surface area contributed by atoms with E-state index >= 15 is 0 Å². The first-order chi connectivity index (χ1) is 10.0. The summed E-state index contributed by atoms with van der Waals surface area (Å²) in [5, 5.41) is 2.78. The summed E-state index contributed by atoms with van der Waals surface area (Å²) in [5.74, 6) is 0.0197. The predicted molar refractivity (Wildman–Crippen MR) is 90.3 cm³/mol. The Kier molecular flexibility index (Phi) is 5.82. The van der Waals surface area contributed by atoms with Crippen molar-refractivity contribution in [3.63, 3.8) is 0 Å². The van der Waals surface area contributed by atoms with Gasteiger partial charge >= 0.3 is 0 Å². The first kappa shape index (κ1) is 16.0. The molecule has 1 aromatic carbocycles. The summed E-state index contributed by atoms with van der Waals surface area (Å²) in [7, 11) is 0. The summed E-state index contributed by atoms with van der Waals surface area (Å²) in [5.41, 5.74) is 1.84. The zero-order chi connectivity index (χ0) is 15.2. The molecule has 2 rings (SSSR count). The Morgan fingerprint density at radius 3 is 2.67 bits per heavy atom. The fraction of sp³-hybridized carbons (Fsp3) is 0.250. The molecule has 0 aliphatic heterocycles. The van der Waals surface area contributed by atoms with Crippen LogP contribution in [0.3, 0.4) is 0 Å². The summed E-state index contributed by atoms with van der Waals surface area (Å²) in [4.78, 5) is 17.6. The van der Waals surface area contributed by atoms with E-state index in [1.165, 1.54) is 0 Å². The molecule has 5 heteroatoms. The highest BCUT2D eigenvalue weighted by Gasteiger charge is 2.14. The third kappa shape index (κ3) is 5.17. The second kappa shape index (κ2) is 7.61. The lowest BCUT2D eigenvalue weighted by atomic mass is 10.3. The number of carbonyl (C=O) groups is 1. The molecule has 0 saturated heterocycles. The Morgan fingerprint density at radius 1 is 1.29 bits per heavy atom. The first-order valence-electron chi connectivity index (χ1n) is 6.67. The molecule has 0 aliphatic carbocycles. The number of rotatable bonds is 5. The van der Waals surface area contributed by atoms with Crippen molar-refractivity contribution in [3.8, 4) is 0 Å². The SMILES string of the molecule is Cc1cccc(CNC(=O)C(C)Sc2ccc(Br)cc2)n1. The summed E-state index contributed by atoms with van der Waals surface area (Å²) >= 11 is 4.95. The van der Waals surface area contributed by atoms with Crippen LogP contribution < -0.4 is 5.32 Å². The van der Waals surface area contributed by atoms with Crippen LogP contribution in [0.15, 0.2) is 51.8 Å². The lowest BCUT2D eigenvalue weighted by molar-refractivity contribution is -0.120. The highest BCUT2D eigenvalue weighted by atomic mass is 79.9. The molecule has 1 heterocycles. The molecule has 2 aromatic rings. The van der Waals surface area contributed by atoms with Gasteiger partial charge in [-0.05, 0) is 50.2 Å². The molecule has 0 aliphatic rings. The molecule has 0 radical (unpaired) electrons. The summed E-state index contributed by atoms with van der Waals surface area (Å²) in [6.07, 6.45) is 0. The first-order valence-corrected chi connectivity index (χ1v) is 8.34. The smallest absolute Gasteiger partial charge is 0.233 e. The Labute approximate surface area is 137 Å². The molecule has 0 saturated carbocycles. The van der Waals surface area contributed by atoms with Gasteiger partial charge in [-0.15, -0.1) is 11.8 Å². The van der Waals surface area contributed by atoms with Crippen molar-refractivity contribution in [2.24, 2.45) is 0 Å². The third-order valence-corrected chi connectivity index (χ3v) is 4.53. The number of nitrogens with one attached hydrogen (secondary N) is 1. The summed E-state index contributed by atoms with van der Waals surface area (Å²) in [6.45, 7) is 4.31. The number of aryl methyl sites for hydroxylation is 1. The van der Waals surface area contributed by atoms with E-state index in [1.54, 1.807) is 11.8 Å².